The molecule has 0 saturated heterocycles. The van der Waals surface area contributed by atoms with Crippen LogP contribution in [0.1, 0.15) is 53.9 Å². The van der Waals surface area contributed by atoms with Crippen molar-refractivity contribution in [2.75, 3.05) is 0 Å². The molecule has 0 aliphatic rings. The van der Waals surface area contributed by atoms with Crippen molar-refractivity contribution in [1.29, 1.82) is 0 Å². The van der Waals surface area contributed by atoms with Gasteiger partial charge in [-0.25, -0.2) is 0 Å². The summed E-state index contributed by atoms with van der Waals surface area (Å²) >= 11 is 0. The molecule has 0 heterocycles. The maximum atomic E-state index is 8.86. The lowest BCUT2D eigenvalue weighted by Gasteiger charge is -2.24. The smallest absolute Gasteiger partial charge is 0.402 e. The van der Waals surface area contributed by atoms with E-state index in [-0.39, 0.29) is 6.10 Å². The Morgan fingerprint density at radius 2 is 1.38 bits per heavy atom. The van der Waals surface area contributed by atoms with Gasteiger partial charge in [0.15, 0.2) is 0 Å². The summed E-state index contributed by atoms with van der Waals surface area (Å²) in [5.41, 5.74) is 0. The second kappa shape index (κ2) is 8.10. The van der Waals surface area contributed by atoms with Crippen molar-refractivity contribution in [3.8, 4) is 0 Å². The zero-order valence-electron chi connectivity index (χ0n) is 11.3. The van der Waals surface area contributed by atoms with Gasteiger partial charge >= 0.3 is 7.32 Å². The molecule has 16 heavy (non-hydrogen) atoms. The molecule has 0 saturated carbocycles. The number of rotatable bonds is 8. The summed E-state index contributed by atoms with van der Waals surface area (Å²) in [5.74, 6) is 1.74. The van der Waals surface area contributed by atoms with Crippen LogP contribution in [0.5, 0.6) is 0 Å². The van der Waals surface area contributed by atoms with Crippen molar-refractivity contribution in [1.82, 2.24) is 0 Å². The molecular formula is C12H27BO3. The summed E-state index contributed by atoms with van der Waals surface area (Å²) in [6.07, 6.45) is 2.88. The van der Waals surface area contributed by atoms with Gasteiger partial charge in [-0.3, -0.25) is 0 Å². The fourth-order valence-electron chi connectivity index (χ4n) is 2.25. The van der Waals surface area contributed by atoms with Crippen molar-refractivity contribution in [3.05, 3.63) is 0 Å². The molecule has 4 heteroatoms. The van der Waals surface area contributed by atoms with Gasteiger partial charge in [-0.15, -0.1) is 0 Å². The van der Waals surface area contributed by atoms with Crippen LogP contribution in [0.4, 0.5) is 0 Å². The van der Waals surface area contributed by atoms with Crippen molar-refractivity contribution >= 4 is 7.32 Å². The number of hydrogen-bond donors (Lipinski definition) is 2. The molecule has 0 aromatic carbocycles. The first-order valence-electron chi connectivity index (χ1n) is 6.32. The topological polar surface area (TPSA) is 49.7 Å². The van der Waals surface area contributed by atoms with E-state index in [0.717, 1.165) is 19.3 Å². The Balaban J connectivity index is 4.08. The molecule has 0 aliphatic heterocycles. The highest BCUT2D eigenvalue weighted by Gasteiger charge is 2.21. The molecule has 2 N–H and O–H groups in total. The standard InChI is InChI=1S/C12H27BO3/c1-9(2)6-11(5)8-12(7-10(3)4)16-13(14)15/h9-12,14-15H,6-8H2,1-5H3. The van der Waals surface area contributed by atoms with Gasteiger partial charge in [0.25, 0.3) is 0 Å². The zero-order valence-corrected chi connectivity index (χ0v) is 11.3. The molecule has 0 spiro atoms. The first-order chi connectivity index (χ1) is 7.31. The lowest BCUT2D eigenvalue weighted by molar-refractivity contribution is 0.0824. The molecule has 2 unspecified atom stereocenters. The fourth-order valence-corrected chi connectivity index (χ4v) is 2.25. The molecule has 2 atom stereocenters. The second-order valence-electron chi connectivity index (χ2n) is 5.68. The lowest BCUT2D eigenvalue weighted by Crippen LogP contribution is -2.28. The third-order valence-electron chi connectivity index (χ3n) is 2.59. The molecule has 3 nitrogen and oxygen atoms in total. The first-order valence-corrected chi connectivity index (χ1v) is 6.32. The molecule has 0 rings (SSSR count). The van der Waals surface area contributed by atoms with Crippen LogP contribution < -0.4 is 0 Å². The van der Waals surface area contributed by atoms with Crippen LogP contribution in [0, 0.1) is 17.8 Å². The largest absolute Gasteiger partial charge is 0.634 e. The minimum atomic E-state index is -1.64. The minimum absolute atomic E-state index is 0.0475. The third kappa shape index (κ3) is 9.19. The van der Waals surface area contributed by atoms with E-state index in [4.69, 9.17) is 14.7 Å². The molecular weight excluding hydrogens is 203 g/mol. The van der Waals surface area contributed by atoms with E-state index in [1.54, 1.807) is 0 Å². The van der Waals surface area contributed by atoms with Gasteiger partial charge in [0.2, 0.25) is 0 Å². The highest BCUT2D eigenvalue weighted by molar-refractivity contribution is 6.32. The van der Waals surface area contributed by atoms with Crippen LogP contribution in [0.15, 0.2) is 0 Å². The highest BCUT2D eigenvalue weighted by Crippen LogP contribution is 2.21. The molecule has 96 valence electrons. The van der Waals surface area contributed by atoms with Gasteiger partial charge in [0.1, 0.15) is 0 Å². The molecule has 0 fully saturated rings. The highest BCUT2D eigenvalue weighted by atomic mass is 16.6. The van der Waals surface area contributed by atoms with Crippen LogP contribution in [-0.4, -0.2) is 23.5 Å². The Kier molecular flexibility index (Phi) is 8.07. The van der Waals surface area contributed by atoms with Crippen molar-refractivity contribution in [2.45, 2.75) is 60.0 Å². The van der Waals surface area contributed by atoms with Gasteiger partial charge in [-0.2, -0.15) is 0 Å². The number of hydrogen-bond acceptors (Lipinski definition) is 3. The monoisotopic (exact) mass is 230 g/mol. The maximum Gasteiger partial charge on any atom is 0.634 e. The Hall–Kier alpha value is -0.0551. The van der Waals surface area contributed by atoms with Crippen molar-refractivity contribution in [3.63, 3.8) is 0 Å². The summed E-state index contributed by atoms with van der Waals surface area (Å²) in [6, 6.07) is 0. The van der Waals surface area contributed by atoms with E-state index in [1.807, 2.05) is 0 Å². The summed E-state index contributed by atoms with van der Waals surface area (Å²) in [6.45, 7) is 10.8. The summed E-state index contributed by atoms with van der Waals surface area (Å²) in [5, 5.41) is 17.7. The van der Waals surface area contributed by atoms with Gasteiger partial charge in [0, 0.05) is 6.10 Å². The molecule has 0 bridgehead atoms. The second-order valence-corrected chi connectivity index (χ2v) is 5.68. The van der Waals surface area contributed by atoms with E-state index in [1.165, 1.54) is 0 Å². The van der Waals surface area contributed by atoms with Crippen LogP contribution in [0.3, 0.4) is 0 Å². The quantitative estimate of drug-likeness (QED) is 0.630. The predicted molar refractivity (Wildman–Crippen MR) is 67.8 cm³/mol. The van der Waals surface area contributed by atoms with Gasteiger partial charge in [-0.1, -0.05) is 34.6 Å². The SMILES string of the molecule is CC(C)CC(C)CC(CC(C)C)OB(O)O. The Morgan fingerprint density at radius 1 is 0.875 bits per heavy atom. The zero-order chi connectivity index (χ0) is 12.7. The van der Waals surface area contributed by atoms with E-state index >= 15 is 0 Å². The molecule has 0 amide bonds. The van der Waals surface area contributed by atoms with Crippen LogP contribution in [0.2, 0.25) is 0 Å². The minimum Gasteiger partial charge on any atom is -0.402 e. The van der Waals surface area contributed by atoms with Crippen LogP contribution in [0.25, 0.3) is 0 Å². The molecule has 0 aromatic heterocycles. The lowest BCUT2D eigenvalue weighted by atomic mass is 9.90. The van der Waals surface area contributed by atoms with E-state index < -0.39 is 7.32 Å². The van der Waals surface area contributed by atoms with Gasteiger partial charge in [0.05, 0.1) is 0 Å². The van der Waals surface area contributed by atoms with Gasteiger partial charge < -0.3 is 14.7 Å². The summed E-state index contributed by atoms with van der Waals surface area (Å²) in [4.78, 5) is 0. The maximum absolute atomic E-state index is 8.86. The Labute approximate surface area is 100 Å². The normalized spacial score (nSPS) is 15.6. The molecule has 0 radical (unpaired) electrons. The summed E-state index contributed by atoms with van der Waals surface area (Å²) in [7, 11) is -1.64. The van der Waals surface area contributed by atoms with Crippen LogP contribution in [-0.2, 0) is 4.65 Å². The first kappa shape index (κ1) is 15.9. The van der Waals surface area contributed by atoms with Crippen molar-refractivity contribution in [2.24, 2.45) is 17.8 Å². The average molecular weight is 230 g/mol. The van der Waals surface area contributed by atoms with E-state index in [2.05, 4.69) is 34.6 Å². The Bertz CT molecular complexity index is 162. The van der Waals surface area contributed by atoms with Gasteiger partial charge in [-0.05, 0) is 37.0 Å². The third-order valence-corrected chi connectivity index (χ3v) is 2.59. The van der Waals surface area contributed by atoms with E-state index in [0.29, 0.717) is 17.8 Å². The molecule has 0 aromatic rings. The van der Waals surface area contributed by atoms with Crippen LogP contribution >= 0.6 is 0 Å². The predicted octanol–water partition coefficient (Wildman–Crippen LogP) is 2.46. The Morgan fingerprint density at radius 3 is 1.75 bits per heavy atom. The summed E-state index contributed by atoms with van der Waals surface area (Å²) < 4.78 is 5.12. The van der Waals surface area contributed by atoms with E-state index in [9.17, 15) is 0 Å². The fraction of sp³-hybridized carbons (Fsp3) is 1.00. The molecule has 0 aliphatic carbocycles. The van der Waals surface area contributed by atoms with Crippen molar-refractivity contribution < 1.29 is 14.7 Å². The average Bonchev–Trinajstić information content (AvgIpc) is 1.97.